The van der Waals surface area contributed by atoms with Gasteiger partial charge in [-0.25, -0.2) is 0 Å². The first-order valence-corrected chi connectivity index (χ1v) is 7.62. The van der Waals surface area contributed by atoms with Crippen molar-refractivity contribution in [3.63, 3.8) is 0 Å². The lowest BCUT2D eigenvalue weighted by Crippen LogP contribution is -2.43. The summed E-state index contributed by atoms with van der Waals surface area (Å²) in [7, 11) is 0. The quantitative estimate of drug-likeness (QED) is 0.740. The van der Waals surface area contributed by atoms with Gasteiger partial charge in [-0.15, -0.1) is 14.8 Å². The molecule has 1 saturated heterocycles. The van der Waals surface area contributed by atoms with Crippen molar-refractivity contribution in [3.05, 3.63) is 48.0 Å². The van der Waals surface area contributed by atoms with Gasteiger partial charge in [-0.2, -0.15) is 0 Å². The lowest BCUT2D eigenvalue weighted by molar-refractivity contribution is 0.459. The highest BCUT2D eigenvalue weighted by atomic mass is 15.6. The zero-order chi connectivity index (χ0) is 15.0. The Labute approximate surface area is 128 Å². The van der Waals surface area contributed by atoms with Crippen LogP contribution in [0.5, 0.6) is 0 Å². The molecule has 0 bridgehead atoms. The SMILES string of the molecule is C[C@]1(Cc2ccccc2)CCCN1c1ccc2nnnn2n1. The first kappa shape index (κ1) is 13.2. The molecule has 0 saturated carbocycles. The third-order valence-electron chi connectivity index (χ3n) is 4.51. The van der Waals surface area contributed by atoms with E-state index >= 15 is 0 Å². The predicted molar refractivity (Wildman–Crippen MR) is 83.7 cm³/mol. The van der Waals surface area contributed by atoms with Crippen molar-refractivity contribution < 1.29 is 0 Å². The van der Waals surface area contributed by atoms with Crippen LogP contribution in [0.1, 0.15) is 25.3 Å². The molecule has 0 spiro atoms. The van der Waals surface area contributed by atoms with Gasteiger partial charge in [-0.3, -0.25) is 0 Å². The summed E-state index contributed by atoms with van der Waals surface area (Å²) in [5.74, 6) is 0.940. The molecule has 1 atom stereocenters. The zero-order valence-corrected chi connectivity index (χ0v) is 12.6. The van der Waals surface area contributed by atoms with Crippen LogP contribution in [0, 0.1) is 0 Å². The molecule has 1 fully saturated rings. The summed E-state index contributed by atoms with van der Waals surface area (Å²) in [6, 6.07) is 14.6. The normalized spacial score (nSPS) is 21.6. The summed E-state index contributed by atoms with van der Waals surface area (Å²) in [4.78, 5) is 2.39. The van der Waals surface area contributed by atoms with Crippen molar-refractivity contribution in [2.24, 2.45) is 0 Å². The van der Waals surface area contributed by atoms with E-state index in [1.165, 1.54) is 16.6 Å². The minimum atomic E-state index is 0.0794. The molecule has 0 radical (unpaired) electrons. The third kappa shape index (κ3) is 2.20. The molecule has 6 nitrogen and oxygen atoms in total. The second kappa shape index (κ2) is 5.05. The Hall–Kier alpha value is -2.50. The smallest absolute Gasteiger partial charge is 0.200 e. The number of aromatic nitrogens is 5. The van der Waals surface area contributed by atoms with E-state index in [1.807, 2.05) is 12.1 Å². The molecular formula is C16H18N6. The fourth-order valence-corrected chi connectivity index (χ4v) is 3.42. The van der Waals surface area contributed by atoms with Crippen molar-refractivity contribution in [3.8, 4) is 0 Å². The molecule has 6 heteroatoms. The van der Waals surface area contributed by atoms with Crippen LogP contribution in [0.15, 0.2) is 42.5 Å². The second-order valence-corrected chi connectivity index (χ2v) is 6.13. The Morgan fingerprint density at radius 1 is 1.14 bits per heavy atom. The van der Waals surface area contributed by atoms with E-state index in [1.54, 1.807) is 0 Å². The fourth-order valence-electron chi connectivity index (χ4n) is 3.42. The standard InChI is InChI=1S/C16H18N6/c1-16(12-13-6-3-2-4-7-13)10-5-11-21(16)15-9-8-14-17-19-20-22(14)18-15/h2-4,6-9H,5,10-12H2,1H3/t16-/m1/s1. The molecule has 22 heavy (non-hydrogen) atoms. The molecule has 0 amide bonds. The van der Waals surface area contributed by atoms with Gasteiger partial charge in [-0.1, -0.05) is 30.3 Å². The average molecular weight is 294 g/mol. The van der Waals surface area contributed by atoms with Crippen LogP contribution < -0.4 is 4.90 Å². The molecular weight excluding hydrogens is 276 g/mol. The van der Waals surface area contributed by atoms with E-state index in [-0.39, 0.29) is 5.54 Å². The van der Waals surface area contributed by atoms with Crippen LogP contribution in [-0.2, 0) is 6.42 Å². The fraction of sp³-hybridized carbons (Fsp3) is 0.375. The Morgan fingerprint density at radius 3 is 2.86 bits per heavy atom. The van der Waals surface area contributed by atoms with Crippen LogP contribution in [0.4, 0.5) is 5.82 Å². The van der Waals surface area contributed by atoms with Crippen LogP contribution in [0.3, 0.4) is 0 Å². The van der Waals surface area contributed by atoms with Crippen molar-refractivity contribution in [2.75, 3.05) is 11.4 Å². The number of rotatable bonds is 3. The summed E-state index contributed by atoms with van der Waals surface area (Å²) in [5, 5.41) is 16.0. The Kier molecular flexibility index (Phi) is 3.03. The van der Waals surface area contributed by atoms with Gasteiger partial charge in [0, 0.05) is 12.1 Å². The Morgan fingerprint density at radius 2 is 2.00 bits per heavy atom. The van der Waals surface area contributed by atoms with Gasteiger partial charge in [0.15, 0.2) is 11.5 Å². The molecule has 3 aromatic rings. The van der Waals surface area contributed by atoms with E-state index in [2.05, 4.69) is 62.8 Å². The van der Waals surface area contributed by atoms with Crippen molar-refractivity contribution in [1.29, 1.82) is 0 Å². The molecule has 0 unspecified atom stereocenters. The Bertz CT molecular complexity index is 783. The summed E-state index contributed by atoms with van der Waals surface area (Å²) >= 11 is 0. The monoisotopic (exact) mass is 294 g/mol. The van der Waals surface area contributed by atoms with Crippen LogP contribution in [0.2, 0.25) is 0 Å². The Balaban J connectivity index is 1.67. The van der Waals surface area contributed by atoms with E-state index < -0.39 is 0 Å². The maximum absolute atomic E-state index is 4.56. The molecule has 2 aromatic heterocycles. The topological polar surface area (TPSA) is 59.2 Å². The van der Waals surface area contributed by atoms with Crippen molar-refractivity contribution in [1.82, 2.24) is 25.3 Å². The van der Waals surface area contributed by atoms with Crippen molar-refractivity contribution in [2.45, 2.75) is 31.7 Å². The average Bonchev–Trinajstić information content (AvgIpc) is 3.13. The minimum absolute atomic E-state index is 0.0794. The van der Waals surface area contributed by atoms with Gasteiger partial charge < -0.3 is 4.90 Å². The van der Waals surface area contributed by atoms with Gasteiger partial charge in [0.25, 0.3) is 0 Å². The van der Waals surface area contributed by atoms with Gasteiger partial charge in [-0.05, 0) is 54.3 Å². The highest BCUT2D eigenvalue weighted by Gasteiger charge is 2.37. The van der Waals surface area contributed by atoms with Gasteiger partial charge >= 0.3 is 0 Å². The molecule has 4 rings (SSSR count). The first-order valence-electron chi connectivity index (χ1n) is 7.62. The van der Waals surface area contributed by atoms with E-state index in [4.69, 9.17) is 0 Å². The number of anilines is 1. The number of tetrazole rings is 1. The zero-order valence-electron chi connectivity index (χ0n) is 12.6. The summed E-state index contributed by atoms with van der Waals surface area (Å²) in [5.41, 5.74) is 2.11. The molecule has 0 N–H and O–H groups in total. The van der Waals surface area contributed by atoms with Crippen molar-refractivity contribution >= 4 is 11.5 Å². The maximum atomic E-state index is 4.56. The number of benzene rings is 1. The predicted octanol–water partition coefficient (Wildman–Crippen LogP) is 2.12. The van der Waals surface area contributed by atoms with E-state index in [9.17, 15) is 0 Å². The second-order valence-electron chi connectivity index (χ2n) is 6.13. The van der Waals surface area contributed by atoms with Gasteiger partial charge in [0.1, 0.15) is 0 Å². The van der Waals surface area contributed by atoms with Crippen LogP contribution in [0.25, 0.3) is 5.65 Å². The summed E-state index contributed by atoms with van der Waals surface area (Å²) in [6.07, 6.45) is 3.36. The summed E-state index contributed by atoms with van der Waals surface area (Å²) < 4.78 is 1.50. The third-order valence-corrected chi connectivity index (χ3v) is 4.51. The minimum Gasteiger partial charge on any atom is -0.349 e. The molecule has 1 aromatic carbocycles. The number of nitrogens with zero attached hydrogens (tertiary/aromatic N) is 6. The number of hydrogen-bond acceptors (Lipinski definition) is 5. The van der Waals surface area contributed by atoms with E-state index in [0.717, 1.165) is 25.2 Å². The lowest BCUT2D eigenvalue weighted by Gasteiger charge is -2.36. The highest BCUT2D eigenvalue weighted by molar-refractivity contribution is 5.48. The van der Waals surface area contributed by atoms with Gasteiger partial charge in [0.05, 0.1) is 0 Å². The molecule has 0 aliphatic carbocycles. The number of fused-ring (bicyclic) bond motifs is 1. The maximum Gasteiger partial charge on any atom is 0.200 e. The van der Waals surface area contributed by atoms with Gasteiger partial charge in [0.2, 0.25) is 0 Å². The van der Waals surface area contributed by atoms with Crippen LogP contribution >= 0.6 is 0 Å². The first-order chi connectivity index (χ1) is 10.7. The molecule has 1 aliphatic rings. The molecule has 3 heterocycles. The summed E-state index contributed by atoms with van der Waals surface area (Å²) in [6.45, 7) is 3.34. The lowest BCUT2D eigenvalue weighted by atomic mass is 9.90. The highest BCUT2D eigenvalue weighted by Crippen LogP contribution is 2.35. The van der Waals surface area contributed by atoms with Crippen LogP contribution in [-0.4, -0.2) is 37.3 Å². The molecule has 1 aliphatic heterocycles. The van der Waals surface area contributed by atoms with E-state index in [0.29, 0.717) is 5.65 Å². The number of hydrogen-bond donors (Lipinski definition) is 0. The molecule has 112 valence electrons. The largest absolute Gasteiger partial charge is 0.349 e.